The Morgan fingerprint density at radius 3 is 2.79 bits per heavy atom. The van der Waals surface area contributed by atoms with E-state index in [0.29, 0.717) is 27.0 Å². The minimum Gasteiger partial charge on any atom is -0.403 e. The van der Waals surface area contributed by atoms with Crippen LogP contribution < -0.4 is 27.0 Å². The van der Waals surface area contributed by atoms with E-state index in [1.54, 1.807) is 35.7 Å². The van der Waals surface area contributed by atoms with Gasteiger partial charge in [0.15, 0.2) is 0 Å². The van der Waals surface area contributed by atoms with E-state index in [9.17, 15) is 9.59 Å². The van der Waals surface area contributed by atoms with E-state index >= 15 is 0 Å². The molecule has 28 heavy (non-hydrogen) atoms. The molecule has 1 saturated heterocycles. The number of hydrogen-bond donors (Lipinski definition) is 5. The van der Waals surface area contributed by atoms with E-state index < -0.39 is 6.03 Å². The first-order chi connectivity index (χ1) is 13.5. The third-order valence-electron chi connectivity index (χ3n) is 3.84. The van der Waals surface area contributed by atoms with E-state index in [0.717, 1.165) is 13.1 Å². The van der Waals surface area contributed by atoms with Gasteiger partial charge in [0.25, 0.3) is 5.91 Å². The minimum atomic E-state index is -0.504. The van der Waals surface area contributed by atoms with Crippen molar-refractivity contribution in [2.24, 2.45) is 10.7 Å². The van der Waals surface area contributed by atoms with Crippen molar-refractivity contribution in [1.29, 1.82) is 0 Å². The Morgan fingerprint density at radius 1 is 1.32 bits per heavy atom. The SMILES string of the molecule is NC=C(C=Nc1csc(C(=O)NC2CNC2)c1)NC(=O)Nc1ccccc1Cl. The number of anilines is 1. The Morgan fingerprint density at radius 2 is 2.11 bits per heavy atom. The second kappa shape index (κ2) is 9.36. The normalized spacial score (nSPS) is 14.5. The van der Waals surface area contributed by atoms with Gasteiger partial charge in [0.2, 0.25) is 0 Å². The summed E-state index contributed by atoms with van der Waals surface area (Å²) >= 11 is 7.31. The number of benzene rings is 1. The van der Waals surface area contributed by atoms with Gasteiger partial charge in [-0.05, 0) is 18.2 Å². The molecule has 1 aliphatic rings. The number of nitrogens with zero attached hydrogens (tertiary/aromatic N) is 1. The lowest BCUT2D eigenvalue weighted by molar-refractivity contribution is 0.0928. The average molecular weight is 419 g/mol. The zero-order valence-corrected chi connectivity index (χ0v) is 16.3. The zero-order chi connectivity index (χ0) is 19.9. The molecule has 6 N–H and O–H groups in total. The first-order valence-electron chi connectivity index (χ1n) is 8.44. The fourth-order valence-corrected chi connectivity index (χ4v) is 3.18. The molecule has 2 heterocycles. The van der Waals surface area contributed by atoms with Gasteiger partial charge >= 0.3 is 6.03 Å². The van der Waals surface area contributed by atoms with Crippen LogP contribution >= 0.6 is 22.9 Å². The summed E-state index contributed by atoms with van der Waals surface area (Å²) in [5.41, 5.74) is 6.91. The van der Waals surface area contributed by atoms with Crippen molar-refractivity contribution in [3.05, 3.63) is 57.5 Å². The molecule has 0 unspecified atom stereocenters. The number of nitrogens with two attached hydrogens (primary N) is 1. The van der Waals surface area contributed by atoms with E-state index in [4.69, 9.17) is 17.3 Å². The van der Waals surface area contributed by atoms with Crippen LogP contribution in [-0.4, -0.2) is 37.3 Å². The largest absolute Gasteiger partial charge is 0.403 e. The molecular weight excluding hydrogens is 400 g/mol. The van der Waals surface area contributed by atoms with E-state index in [2.05, 4.69) is 26.3 Å². The maximum absolute atomic E-state index is 12.1. The second-order valence-electron chi connectivity index (χ2n) is 5.94. The average Bonchev–Trinajstić information content (AvgIpc) is 3.12. The number of nitrogens with one attached hydrogen (secondary N) is 4. The molecule has 0 saturated carbocycles. The summed E-state index contributed by atoms with van der Waals surface area (Å²) in [6.07, 6.45) is 2.63. The molecule has 0 radical (unpaired) electrons. The molecule has 3 amide bonds. The molecule has 1 aromatic carbocycles. The molecule has 3 rings (SSSR count). The third-order valence-corrected chi connectivity index (χ3v) is 5.08. The topological polar surface area (TPSA) is 121 Å². The highest BCUT2D eigenvalue weighted by atomic mass is 35.5. The summed E-state index contributed by atoms with van der Waals surface area (Å²) < 4.78 is 0. The maximum Gasteiger partial charge on any atom is 0.323 e. The second-order valence-corrected chi connectivity index (χ2v) is 7.26. The zero-order valence-electron chi connectivity index (χ0n) is 14.7. The number of carbonyl (C=O) groups excluding carboxylic acids is 2. The van der Waals surface area contributed by atoms with Crippen LogP contribution in [0.3, 0.4) is 0 Å². The molecule has 0 bridgehead atoms. The van der Waals surface area contributed by atoms with E-state index in [-0.39, 0.29) is 11.9 Å². The fourth-order valence-electron chi connectivity index (χ4n) is 2.27. The Kier molecular flexibility index (Phi) is 6.64. The first kappa shape index (κ1) is 19.9. The maximum atomic E-state index is 12.1. The van der Waals surface area contributed by atoms with Gasteiger partial charge in [-0.3, -0.25) is 9.79 Å². The lowest BCUT2D eigenvalue weighted by Crippen LogP contribution is -2.56. The molecule has 1 aromatic heterocycles. The third kappa shape index (κ3) is 5.32. The predicted molar refractivity (Wildman–Crippen MR) is 112 cm³/mol. The summed E-state index contributed by atoms with van der Waals surface area (Å²) in [7, 11) is 0. The lowest BCUT2D eigenvalue weighted by atomic mass is 10.2. The van der Waals surface area contributed by atoms with Gasteiger partial charge in [-0.2, -0.15) is 0 Å². The highest BCUT2D eigenvalue weighted by Gasteiger charge is 2.20. The van der Waals surface area contributed by atoms with E-state index in [1.807, 2.05) is 0 Å². The summed E-state index contributed by atoms with van der Waals surface area (Å²) in [6.45, 7) is 1.57. The van der Waals surface area contributed by atoms with Gasteiger partial charge in [0.05, 0.1) is 39.2 Å². The van der Waals surface area contributed by atoms with Gasteiger partial charge in [-0.1, -0.05) is 23.7 Å². The predicted octanol–water partition coefficient (Wildman–Crippen LogP) is 2.43. The molecule has 10 heteroatoms. The molecule has 1 aliphatic heterocycles. The smallest absolute Gasteiger partial charge is 0.323 e. The molecule has 0 atom stereocenters. The number of hydrogen-bond acceptors (Lipinski definition) is 6. The molecule has 146 valence electrons. The summed E-state index contributed by atoms with van der Waals surface area (Å²) in [5.74, 6) is -0.121. The van der Waals surface area contributed by atoms with Gasteiger partial charge in [-0.25, -0.2) is 4.79 Å². The van der Waals surface area contributed by atoms with Crippen LogP contribution in [0.25, 0.3) is 0 Å². The quantitative estimate of drug-likeness (QED) is 0.462. The van der Waals surface area contributed by atoms with Gasteiger partial charge in [0.1, 0.15) is 0 Å². The Bertz CT molecular complexity index is 922. The number of thiophene rings is 1. The van der Waals surface area contributed by atoms with Crippen LogP contribution in [-0.2, 0) is 0 Å². The molecule has 1 fully saturated rings. The summed E-state index contributed by atoms with van der Waals surface area (Å²) in [4.78, 5) is 29.0. The first-order valence-corrected chi connectivity index (χ1v) is 9.69. The van der Waals surface area contributed by atoms with Crippen molar-refractivity contribution < 1.29 is 9.59 Å². The van der Waals surface area contributed by atoms with Crippen molar-refractivity contribution in [3.8, 4) is 0 Å². The Balaban J connectivity index is 1.55. The van der Waals surface area contributed by atoms with Crippen molar-refractivity contribution in [3.63, 3.8) is 0 Å². The Labute approximate surface area is 170 Å². The van der Waals surface area contributed by atoms with Crippen molar-refractivity contribution in [1.82, 2.24) is 16.0 Å². The molecule has 2 aromatic rings. The molecule has 0 spiro atoms. The monoisotopic (exact) mass is 418 g/mol. The van der Waals surface area contributed by atoms with Crippen LogP contribution in [0.1, 0.15) is 9.67 Å². The van der Waals surface area contributed by atoms with Crippen molar-refractivity contribution in [2.45, 2.75) is 6.04 Å². The standard InChI is InChI=1S/C18H19ClN6O2S/c19-14-3-1-2-4-15(14)25-18(27)24-12(6-20)9-22-11-5-16(28-10-11)17(26)23-13-7-21-8-13/h1-6,9-10,13,21H,7-8,20H2,(H,23,26)(H2,24,25,27). The minimum absolute atomic E-state index is 0.121. The van der Waals surface area contributed by atoms with Gasteiger partial charge in [-0.15, -0.1) is 11.3 Å². The number of urea groups is 1. The van der Waals surface area contributed by atoms with Crippen LogP contribution in [0.5, 0.6) is 0 Å². The number of para-hydroxylation sites is 1. The van der Waals surface area contributed by atoms with E-state index in [1.165, 1.54) is 23.8 Å². The molecule has 0 aliphatic carbocycles. The number of allylic oxidation sites excluding steroid dienone is 1. The highest BCUT2D eigenvalue weighted by Crippen LogP contribution is 2.22. The van der Waals surface area contributed by atoms with Crippen LogP contribution in [0, 0.1) is 0 Å². The number of aliphatic imine (C=N–C) groups is 1. The fraction of sp³-hybridized carbons (Fsp3) is 0.167. The highest BCUT2D eigenvalue weighted by molar-refractivity contribution is 7.12. The molecule has 8 nitrogen and oxygen atoms in total. The van der Waals surface area contributed by atoms with Crippen LogP contribution in [0.15, 0.2) is 52.6 Å². The Hall–Kier alpha value is -2.88. The van der Waals surface area contributed by atoms with Crippen LogP contribution in [0.2, 0.25) is 5.02 Å². The van der Waals surface area contributed by atoms with Crippen molar-refractivity contribution in [2.75, 3.05) is 18.4 Å². The van der Waals surface area contributed by atoms with Crippen LogP contribution in [0.4, 0.5) is 16.2 Å². The number of halogens is 1. The number of rotatable bonds is 6. The van der Waals surface area contributed by atoms with Gasteiger partial charge < -0.3 is 27.0 Å². The van der Waals surface area contributed by atoms with Crippen molar-refractivity contribution >= 4 is 52.5 Å². The number of carbonyl (C=O) groups is 2. The molecular formula is C18H19ClN6O2S. The number of amides is 3. The lowest BCUT2D eigenvalue weighted by Gasteiger charge is -2.27. The summed E-state index contributed by atoms with van der Waals surface area (Å²) in [5, 5.41) is 13.4. The van der Waals surface area contributed by atoms with Gasteiger partial charge in [0, 0.05) is 24.7 Å². The summed E-state index contributed by atoms with van der Waals surface area (Å²) in [6, 6.07) is 8.23.